The number of ether oxygens (including phenoxy) is 6. The van der Waals surface area contributed by atoms with Gasteiger partial charge in [-0.25, -0.2) is 28.8 Å². The molecule has 62 heavy (non-hydrogen) atoms. The molecule has 5 amide bonds. The SMILES string of the molecule is O=C(NCCCCC(NC(=O)Oc1ccccc1)C(=O)OC(CNC(=O)Oc1ccccc1)(CNC(=O)Oc1ccccc1)CNC(=O)Oc1ccccc1)Oc1ccccc1. The lowest BCUT2D eigenvalue weighted by Gasteiger charge is -2.35. The summed E-state index contributed by atoms with van der Waals surface area (Å²) < 4.78 is 32.9. The van der Waals surface area contributed by atoms with E-state index in [4.69, 9.17) is 28.4 Å². The fraction of sp³-hybridized carbons (Fsp3) is 0.200. The fourth-order valence-corrected chi connectivity index (χ4v) is 5.49. The number of unbranched alkanes of at least 4 members (excludes halogenated alkanes) is 1. The number of esters is 1. The van der Waals surface area contributed by atoms with Crippen molar-refractivity contribution < 1.29 is 57.2 Å². The lowest BCUT2D eigenvalue weighted by molar-refractivity contribution is -0.161. The molecule has 5 aromatic carbocycles. The molecule has 0 aliphatic rings. The smallest absolute Gasteiger partial charge is 0.413 e. The van der Waals surface area contributed by atoms with Crippen molar-refractivity contribution in [2.24, 2.45) is 0 Å². The third-order valence-corrected chi connectivity index (χ3v) is 8.52. The standard InChI is InChI=1S/C45H45N5O12/c51-39(38(50-44(56)61-37-26-14-5-15-27-37)28-16-17-29-46-40(52)57-33-18-6-1-7-19-33)62-45(30-47-41(53)58-34-20-8-2-9-21-34,31-48-42(54)59-35-22-10-3-11-23-35)32-49-43(55)60-36-24-12-4-13-25-36/h1-15,18-27,38H,16-17,28-32H2,(H,46,52)(H,47,53)(H,48,54)(H,49,55)(H,50,56). The molecule has 1 atom stereocenters. The van der Waals surface area contributed by atoms with Crippen LogP contribution in [0.3, 0.4) is 0 Å². The van der Waals surface area contributed by atoms with Gasteiger partial charge in [0.2, 0.25) is 0 Å². The molecule has 5 aromatic rings. The number of carbonyl (C=O) groups is 6. The largest absolute Gasteiger partial charge is 0.452 e. The maximum atomic E-state index is 14.3. The highest BCUT2D eigenvalue weighted by molar-refractivity contribution is 5.83. The van der Waals surface area contributed by atoms with Crippen molar-refractivity contribution in [1.82, 2.24) is 26.6 Å². The van der Waals surface area contributed by atoms with Crippen molar-refractivity contribution in [3.63, 3.8) is 0 Å². The predicted octanol–water partition coefficient (Wildman–Crippen LogP) is 6.75. The first-order valence-corrected chi connectivity index (χ1v) is 19.4. The average Bonchev–Trinajstić information content (AvgIpc) is 3.28. The highest BCUT2D eigenvalue weighted by Crippen LogP contribution is 2.18. The normalized spacial score (nSPS) is 11.0. The summed E-state index contributed by atoms with van der Waals surface area (Å²) >= 11 is 0. The number of carbonyl (C=O) groups excluding carboxylic acids is 6. The van der Waals surface area contributed by atoms with Crippen LogP contribution in [-0.4, -0.2) is 74.3 Å². The summed E-state index contributed by atoms with van der Waals surface area (Å²) in [5, 5.41) is 12.8. The van der Waals surface area contributed by atoms with Crippen molar-refractivity contribution in [3.05, 3.63) is 152 Å². The van der Waals surface area contributed by atoms with E-state index < -0.39 is 67.7 Å². The van der Waals surface area contributed by atoms with Gasteiger partial charge in [-0.05, 0) is 79.9 Å². The lowest BCUT2D eigenvalue weighted by atomic mass is 10.0. The highest BCUT2D eigenvalue weighted by Gasteiger charge is 2.39. The molecule has 0 radical (unpaired) electrons. The summed E-state index contributed by atoms with van der Waals surface area (Å²) in [6.07, 6.45) is -4.01. The molecule has 5 rings (SSSR count). The summed E-state index contributed by atoms with van der Waals surface area (Å²) in [5.41, 5.74) is -2.00. The Hall–Kier alpha value is -8.08. The fourth-order valence-electron chi connectivity index (χ4n) is 5.49. The number of hydrogen-bond donors (Lipinski definition) is 5. The first-order valence-electron chi connectivity index (χ1n) is 19.4. The molecule has 0 bridgehead atoms. The lowest BCUT2D eigenvalue weighted by Crippen LogP contribution is -2.61. The Balaban J connectivity index is 1.36. The molecule has 17 nitrogen and oxygen atoms in total. The Morgan fingerprint density at radius 3 is 1.05 bits per heavy atom. The molecular weight excluding hydrogens is 803 g/mol. The van der Waals surface area contributed by atoms with Gasteiger partial charge in [-0.15, -0.1) is 0 Å². The Bertz CT molecular complexity index is 2050. The predicted molar refractivity (Wildman–Crippen MR) is 224 cm³/mol. The molecule has 17 heteroatoms. The number of hydrogen-bond acceptors (Lipinski definition) is 12. The van der Waals surface area contributed by atoms with Gasteiger partial charge in [-0.2, -0.15) is 0 Å². The zero-order valence-electron chi connectivity index (χ0n) is 33.4. The first-order chi connectivity index (χ1) is 30.1. The summed E-state index contributed by atoms with van der Waals surface area (Å²) in [5.74, 6) is 0.102. The van der Waals surface area contributed by atoms with Crippen molar-refractivity contribution in [2.45, 2.75) is 30.9 Å². The van der Waals surface area contributed by atoms with Crippen LogP contribution in [0.2, 0.25) is 0 Å². The Morgan fingerprint density at radius 1 is 0.403 bits per heavy atom. The molecule has 0 saturated carbocycles. The van der Waals surface area contributed by atoms with Crippen LogP contribution in [0.5, 0.6) is 28.7 Å². The summed E-state index contributed by atoms with van der Waals surface area (Å²) in [6.45, 7) is -1.52. The van der Waals surface area contributed by atoms with Gasteiger partial charge in [0.1, 0.15) is 34.8 Å². The number of amides is 5. The number of para-hydroxylation sites is 5. The summed E-state index contributed by atoms with van der Waals surface area (Å²) in [6, 6.07) is 39.6. The van der Waals surface area contributed by atoms with Gasteiger partial charge in [0.15, 0.2) is 5.60 Å². The molecule has 322 valence electrons. The van der Waals surface area contributed by atoms with Gasteiger partial charge in [-0.1, -0.05) is 91.0 Å². The Labute approximate surface area is 357 Å². The average molecular weight is 848 g/mol. The van der Waals surface area contributed by atoms with Crippen LogP contribution < -0.4 is 50.3 Å². The second kappa shape index (κ2) is 24.1. The molecule has 0 spiro atoms. The molecule has 5 N–H and O–H groups in total. The first kappa shape index (κ1) is 45.0. The second-order valence-corrected chi connectivity index (χ2v) is 13.3. The number of benzene rings is 5. The molecule has 0 aliphatic heterocycles. The van der Waals surface area contributed by atoms with Crippen LogP contribution in [0.25, 0.3) is 0 Å². The van der Waals surface area contributed by atoms with Gasteiger partial charge < -0.3 is 55.0 Å². The molecule has 0 aliphatic carbocycles. The van der Waals surface area contributed by atoms with E-state index in [9.17, 15) is 28.8 Å². The minimum atomic E-state index is -2.00. The minimum absolute atomic E-state index is 0.0371. The highest BCUT2D eigenvalue weighted by atomic mass is 16.6. The van der Waals surface area contributed by atoms with Crippen molar-refractivity contribution in [2.75, 3.05) is 26.2 Å². The number of rotatable bonds is 19. The van der Waals surface area contributed by atoms with E-state index in [0.717, 1.165) is 0 Å². The van der Waals surface area contributed by atoms with Crippen LogP contribution in [0.1, 0.15) is 19.3 Å². The molecule has 1 unspecified atom stereocenters. The molecule has 0 aromatic heterocycles. The van der Waals surface area contributed by atoms with E-state index in [1.54, 1.807) is 152 Å². The van der Waals surface area contributed by atoms with E-state index in [2.05, 4.69) is 26.6 Å². The monoisotopic (exact) mass is 847 g/mol. The summed E-state index contributed by atoms with van der Waals surface area (Å²) in [7, 11) is 0. The zero-order chi connectivity index (χ0) is 43.8. The minimum Gasteiger partial charge on any atom is -0.452 e. The zero-order valence-corrected chi connectivity index (χ0v) is 33.4. The molecule has 0 saturated heterocycles. The van der Waals surface area contributed by atoms with Crippen LogP contribution >= 0.6 is 0 Å². The van der Waals surface area contributed by atoms with Crippen LogP contribution in [0.15, 0.2) is 152 Å². The van der Waals surface area contributed by atoms with Crippen LogP contribution in [-0.2, 0) is 9.53 Å². The maximum Gasteiger partial charge on any atom is 0.413 e. The Morgan fingerprint density at radius 2 is 0.710 bits per heavy atom. The van der Waals surface area contributed by atoms with E-state index in [-0.39, 0.29) is 42.4 Å². The summed E-state index contributed by atoms with van der Waals surface area (Å²) in [4.78, 5) is 79.1. The van der Waals surface area contributed by atoms with Crippen LogP contribution in [0.4, 0.5) is 24.0 Å². The number of nitrogens with one attached hydrogen (secondary N) is 5. The quantitative estimate of drug-likeness (QED) is 0.0431. The second-order valence-electron chi connectivity index (χ2n) is 13.3. The molecule has 0 fully saturated rings. The van der Waals surface area contributed by atoms with E-state index >= 15 is 0 Å². The van der Waals surface area contributed by atoms with E-state index in [0.29, 0.717) is 12.2 Å². The Kier molecular flexibility index (Phi) is 17.5. The van der Waals surface area contributed by atoms with Crippen LogP contribution in [0, 0.1) is 0 Å². The van der Waals surface area contributed by atoms with Crippen molar-refractivity contribution in [1.29, 1.82) is 0 Å². The van der Waals surface area contributed by atoms with Gasteiger partial charge in [0, 0.05) is 6.54 Å². The van der Waals surface area contributed by atoms with Gasteiger partial charge in [0.05, 0.1) is 19.6 Å². The topological polar surface area (TPSA) is 218 Å². The van der Waals surface area contributed by atoms with Gasteiger partial charge in [-0.3, -0.25) is 0 Å². The van der Waals surface area contributed by atoms with Gasteiger partial charge in [0.25, 0.3) is 0 Å². The van der Waals surface area contributed by atoms with Crippen molar-refractivity contribution in [3.8, 4) is 28.7 Å². The van der Waals surface area contributed by atoms with E-state index in [1.165, 1.54) is 0 Å². The van der Waals surface area contributed by atoms with E-state index in [1.807, 2.05) is 0 Å². The third-order valence-electron chi connectivity index (χ3n) is 8.52. The third kappa shape index (κ3) is 16.3. The molecular formula is C45H45N5O12. The molecule has 0 heterocycles. The van der Waals surface area contributed by atoms with Crippen molar-refractivity contribution >= 4 is 36.4 Å². The van der Waals surface area contributed by atoms with Gasteiger partial charge >= 0.3 is 36.4 Å². The maximum absolute atomic E-state index is 14.3.